The minimum Gasteiger partial charge on any atom is -0.478 e. The molecular formula is C16H20N2O5. The molecule has 1 saturated heterocycles. The largest absolute Gasteiger partial charge is 0.478 e. The van der Waals surface area contributed by atoms with E-state index >= 15 is 0 Å². The standard InChI is InChI=1S/C16H20N2O5/c1-17-15(22)16(10-23-2)8-3-9-18(16)13(19)11-4-6-12(7-5-11)14(20)21/h4-7H,3,8-10H2,1-2H3,(H,17,22)(H,20,21). The first-order valence-corrected chi connectivity index (χ1v) is 7.32. The van der Waals surface area contributed by atoms with Gasteiger partial charge in [-0.05, 0) is 37.1 Å². The molecule has 1 heterocycles. The molecular weight excluding hydrogens is 300 g/mol. The summed E-state index contributed by atoms with van der Waals surface area (Å²) in [6.45, 7) is 0.571. The molecule has 1 aromatic carbocycles. The summed E-state index contributed by atoms with van der Waals surface area (Å²) < 4.78 is 5.19. The van der Waals surface area contributed by atoms with Crippen molar-refractivity contribution < 1.29 is 24.2 Å². The van der Waals surface area contributed by atoms with Crippen LogP contribution in [0.25, 0.3) is 0 Å². The second-order valence-electron chi connectivity index (χ2n) is 5.49. The smallest absolute Gasteiger partial charge is 0.335 e. The Hall–Kier alpha value is -2.41. The van der Waals surface area contributed by atoms with Crippen molar-refractivity contribution in [3.63, 3.8) is 0 Å². The van der Waals surface area contributed by atoms with E-state index in [1.54, 1.807) is 0 Å². The van der Waals surface area contributed by atoms with Gasteiger partial charge in [0.2, 0.25) is 5.91 Å². The fourth-order valence-electron chi connectivity index (χ4n) is 3.01. The molecule has 7 heteroatoms. The van der Waals surface area contributed by atoms with Gasteiger partial charge in [-0.3, -0.25) is 9.59 Å². The number of amides is 2. The second-order valence-corrected chi connectivity index (χ2v) is 5.49. The number of rotatable bonds is 5. The van der Waals surface area contributed by atoms with Gasteiger partial charge in [-0.2, -0.15) is 0 Å². The van der Waals surface area contributed by atoms with E-state index in [0.717, 1.165) is 0 Å². The van der Waals surface area contributed by atoms with E-state index in [-0.39, 0.29) is 24.0 Å². The average molecular weight is 320 g/mol. The summed E-state index contributed by atoms with van der Waals surface area (Å²) in [5.74, 6) is -1.61. The molecule has 0 saturated carbocycles. The molecule has 2 N–H and O–H groups in total. The highest BCUT2D eigenvalue weighted by Gasteiger charge is 2.49. The summed E-state index contributed by atoms with van der Waals surface area (Å²) in [7, 11) is 3.02. The van der Waals surface area contributed by atoms with E-state index in [2.05, 4.69) is 5.32 Å². The molecule has 1 atom stereocenters. The lowest BCUT2D eigenvalue weighted by Crippen LogP contribution is -2.59. The maximum atomic E-state index is 12.8. The number of ether oxygens (including phenoxy) is 1. The number of hydrogen-bond acceptors (Lipinski definition) is 4. The Labute approximate surface area is 134 Å². The zero-order chi connectivity index (χ0) is 17.0. The molecule has 0 radical (unpaired) electrons. The topological polar surface area (TPSA) is 95.9 Å². The highest BCUT2D eigenvalue weighted by molar-refractivity contribution is 6.00. The fraction of sp³-hybridized carbons (Fsp3) is 0.438. The maximum Gasteiger partial charge on any atom is 0.335 e. The molecule has 124 valence electrons. The molecule has 7 nitrogen and oxygen atoms in total. The number of carbonyl (C=O) groups excluding carboxylic acids is 2. The van der Waals surface area contributed by atoms with E-state index in [0.29, 0.717) is 24.9 Å². The first kappa shape index (κ1) is 17.0. The molecule has 1 fully saturated rings. The van der Waals surface area contributed by atoms with Gasteiger partial charge < -0.3 is 20.1 Å². The van der Waals surface area contributed by atoms with Gasteiger partial charge in [0, 0.05) is 26.3 Å². The third-order valence-electron chi connectivity index (χ3n) is 4.15. The fourth-order valence-corrected chi connectivity index (χ4v) is 3.01. The molecule has 1 aliphatic rings. The predicted octanol–water partition coefficient (Wildman–Crippen LogP) is 0.752. The van der Waals surface area contributed by atoms with Gasteiger partial charge in [0.15, 0.2) is 0 Å². The summed E-state index contributed by atoms with van der Waals surface area (Å²) in [4.78, 5) is 37.5. The highest BCUT2D eigenvalue weighted by atomic mass is 16.5. The highest BCUT2D eigenvalue weighted by Crippen LogP contribution is 2.31. The molecule has 1 unspecified atom stereocenters. The number of likely N-dealkylation sites (tertiary alicyclic amines) is 1. The van der Waals surface area contributed by atoms with Crippen molar-refractivity contribution in [1.82, 2.24) is 10.2 Å². The van der Waals surface area contributed by atoms with Crippen molar-refractivity contribution >= 4 is 17.8 Å². The van der Waals surface area contributed by atoms with E-state index in [4.69, 9.17) is 9.84 Å². The Kier molecular flexibility index (Phi) is 5.00. The van der Waals surface area contributed by atoms with Gasteiger partial charge >= 0.3 is 5.97 Å². The van der Waals surface area contributed by atoms with Crippen molar-refractivity contribution in [3.05, 3.63) is 35.4 Å². The van der Waals surface area contributed by atoms with Crippen molar-refractivity contribution in [3.8, 4) is 0 Å². The van der Waals surface area contributed by atoms with Gasteiger partial charge in [0.05, 0.1) is 12.2 Å². The van der Waals surface area contributed by atoms with Gasteiger partial charge in [0.25, 0.3) is 5.91 Å². The Morgan fingerprint density at radius 3 is 2.39 bits per heavy atom. The Morgan fingerprint density at radius 1 is 1.26 bits per heavy atom. The van der Waals surface area contributed by atoms with Crippen LogP contribution >= 0.6 is 0 Å². The quantitative estimate of drug-likeness (QED) is 0.835. The molecule has 0 aromatic heterocycles. The van der Waals surface area contributed by atoms with Crippen LogP contribution in [0.3, 0.4) is 0 Å². The van der Waals surface area contributed by atoms with Gasteiger partial charge in [-0.15, -0.1) is 0 Å². The zero-order valence-corrected chi connectivity index (χ0v) is 13.2. The van der Waals surface area contributed by atoms with Crippen LogP contribution in [0.5, 0.6) is 0 Å². The van der Waals surface area contributed by atoms with E-state index < -0.39 is 11.5 Å². The van der Waals surface area contributed by atoms with Crippen LogP contribution in [0.2, 0.25) is 0 Å². The summed E-state index contributed by atoms with van der Waals surface area (Å²) in [5.41, 5.74) is -0.565. The summed E-state index contributed by atoms with van der Waals surface area (Å²) in [5, 5.41) is 11.5. The Morgan fingerprint density at radius 2 is 1.87 bits per heavy atom. The SMILES string of the molecule is CNC(=O)C1(COC)CCCN1C(=O)c1ccc(C(=O)O)cc1. The molecule has 0 aliphatic carbocycles. The number of nitrogens with one attached hydrogen (secondary N) is 1. The molecule has 1 aromatic rings. The predicted molar refractivity (Wildman–Crippen MR) is 82.3 cm³/mol. The molecule has 0 bridgehead atoms. The van der Waals surface area contributed by atoms with Gasteiger partial charge in [-0.25, -0.2) is 4.79 Å². The normalized spacial score (nSPS) is 20.3. The summed E-state index contributed by atoms with van der Waals surface area (Å²) in [6, 6.07) is 5.68. The van der Waals surface area contributed by atoms with Crippen molar-refractivity contribution in [2.75, 3.05) is 27.3 Å². The Balaban J connectivity index is 2.32. The summed E-state index contributed by atoms with van der Waals surface area (Å²) in [6.07, 6.45) is 1.23. The monoisotopic (exact) mass is 320 g/mol. The minimum absolute atomic E-state index is 0.109. The first-order valence-electron chi connectivity index (χ1n) is 7.32. The molecule has 2 rings (SSSR count). The van der Waals surface area contributed by atoms with Crippen LogP contribution in [-0.4, -0.2) is 60.6 Å². The van der Waals surface area contributed by atoms with Gasteiger partial charge in [-0.1, -0.05) is 0 Å². The van der Waals surface area contributed by atoms with E-state index in [9.17, 15) is 14.4 Å². The number of aromatic carboxylic acids is 1. The third-order valence-corrected chi connectivity index (χ3v) is 4.15. The van der Waals surface area contributed by atoms with Crippen LogP contribution in [0.15, 0.2) is 24.3 Å². The number of carboxylic acids is 1. The van der Waals surface area contributed by atoms with Crippen LogP contribution in [0.4, 0.5) is 0 Å². The maximum absolute atomic E-state index is 12.8. The first-order chi connectivity index (χ1) is 11.0. The zero-order valence-electron chi connectivity index (χ0n) is 13.2. The third kappa shape index (κ3) is 3.05. The number of nitrogens with zero attached hydrogens (tertiary/aromatic N) is 1. The van der Waals surface area contributed by atoms with Crippen LogP contribution in [0, 0.1) is 0 Å². The number of carboxylic acid groups (broad SMARTS) is 1. The van der Waals surface area contributed by atoms with Crippen molar-refractivity contribution in [1.29, 1.82) is 0 Å². The van der Waals surface area contributed by atoms with Crippen molar-refractivity contribution in [2.45, 2.75) is 18.4 Å². The number of hydrogen-bond donors (Lipinski definition) is 2. The Bertz CT molecular complexity index is 613. The second kappa shape index (κ2) is 6.78. The van der Waals surface area contributed by atoms with Crippen LogP contribution in [0.1, 0.15) is 33.6 Å². The molecule has 23 heavy (non-hydrogen) atoms. The summed E-state index contributed by atoms with van der Waals surface area (Å²) >= 11 is 0. The van der Waals surface area contributed by atoms with E-state index in [1.165, 1.54) is 43.3 Å². The van der Waals surface area contributed by atoms with Gasteiger partial charge in [0.1, 0.15) is 5.54 Å². The lowest BCUT2D eigenvalue weighted by molar-refractivity contribution is -0.133. The number of methoxy groups -OCH3 is 1. The minimum atomic E-state index is -1.05. The van der Waals surface area contributed by atoms with Crippen molar-refractivity contribution in [2.24, 2.45) is 0 Å². The molecule has 0 spiro atoms. The number of likely N-dealkylation sites (N-methyl/N-ethyl adjacent to an activating group) is 1. The number of benzene rings is 1. The van der Waals surface area contributed by atoms with E-state index in [1.807, 2.05) is 0 Å². The van der Waals surface area contributed by atoms with Crippen LogP contribution in [-0.2, 0) is 9.53 Å². The molecule has 1 aliphatic heterocycles. The van der Waals surface area contributed by atoms with Crippen LogP contribution < -0.4 is 5.32 Å². The molecule has 2 amide bonds. The lowest BCUT2D eigenvalue weighted by atomic mass is 9.95. The average Bonchev–Trinajstić information content (AvgIpc) is 2.98. The number of carbonyl (C=O) groups is 3. The lowest BCUT2D eigenvalue weighted by Gasteiger charge is -2.36.